The van der Waals surface area contributed by atoms with Gasteiger partial charge in [0.15, 0.2) is 4.84 Å². The lowest BCUT2D eigenvalue weighted by Crippen LogP contribution is -2.37. The fourth-order valence-electron chi connectivity index (χ4n) is 1.31. The second-order valence-electron chi connectivity index (χ2n) is 3.74. The topological polar surface area (TPSA) is 58.2 Å². The number of nitrogens with one attached hydrogen (secondary N) is 2. The third-order valence-corrected chi connectivity index (χ3v) is 2.62. The maximum Gasteiger partial charge on any atom is 0.253 e. The molecule has 0 saturated carbocycles. The number of amides is 2. The van der Waals surface area contributed by atoms with E-state index in [1.165, 1.54) is 12.1 Å². The van der Waals surface area contributed by atoms with E-state index in [9.17, 15) is 14.0 Å². The van der Waals surface area contributed by atoms with Crippen LogP contribution in [-0.2, 0) is 16.0 Å². The predicted molar refractivity (Wildman–Crippen MR) is 71.6 cm³/mol. The third-order valence-electron chi connectivity index (χ3n) is 2.22. The molecule has 2 N–H and O–H groups in total. The first-order chi connectivity index (χ1) is 8.99. The van der Waals surface area contributed by atoms with Gasteiger partial charge in [-0.1, -0.05) is 35.3 Å². The molecule has 0 atom stereocenters. The van der Waals surface area contributed by atoms with Gasteiger partial charge in [0.25, 0.3) is 5.91 Å². The molecule has 104 valence electrons. The molecule has 0 heterocycles. The number of carbonyl (C=O) groups excluding carboxylic acids is 2. The summed E-state index contributed by atoms with van der Waals surface area (Å²) < 4.78 is 12.7. The molecule has 19 heavy (non-hydrogen) atoms. The van der Waals surface area contributed by atoms with Crippen LogP contribution in [0, 0.1) is 5.82 Å². The zero-order valence-corrected chi connectivity index (χ0v) is 11.5. The van der Waals surface area contributed by atoms with Crippen LogP contribution < -0.4 is 10.6 Å². The molecule has 0 fully saturated rings. The highest BCUT2D eigenvalue weighted by Gasteiger charge is 2.10. The Morgan fingerprint density at radius 3 is 2.26 bits per heavy atom. The molecule has 7 heteroatoms. The van der Waals surface area contributed by atoms with Gasteiger partial charge in [-0.05, 0) is 17.7 Å². The number of halogens is 3. The number of hydrogen-bond donors (Lipinski definition) is 2. The van der Waals surface area contributed by atoms with Crippen molar-refractivity contribution in [3.63, 3.8) is 0 Å². The van der Waals surface area contributed by atoms with Crippen LogP contribution in [0.2, 0.25) is 0 Å². The molecule has 0 radical (unpaired) electrons. The molecule has 0 unspecified atom stereocenters. The van der Waals surface area contributed by atoms with Crippen LogP contribution in [-0.4, -0.2) is 29.7 Å². The van der Waals surface area contributed by atoms with Crippen LogP contribution in [0.5, 0.6) is 0 Å². The standard InChI is InChI=1S/C12H13Cl2FN2O2/c13-11(14)12(19)17-6-5-16-10(18)7-8-1-3-9(15)4-2-8/h1-4,11H,5-7H2,(H,16,18)(H,17,19). The van der Waals surface area contributed by atoms with E-state index in [0.29, 0.717) is 5.56 Å². The minimum Gasteiger partial charge on any atom is -0.354 e. The zero-order chi connectivity index (χ0) is 14.3. The quantitative estimate of drug-likeness (QED) is 0.616. The van der Waals surface area contributed by atoms with E-state index in [1.807, 2.05) is 0 Å². The molecule has 0 bridgehead atoms. The summed E-state index contributed by atoms with van der Waals surface area (Å²) in [6.45, 7) is 0.510. The van der Waals surface area contributed by atoms with Gasteiger partial charge in [-0.2, -0.15) is 0 Å². The van der Waals surface area contributed by atoms with Gasteiger partial charge in [0, 0.05) is 13.1 Å². The summed E-state index contributed by atoms with van der Waals surface area (Å²) in [6, 6.07) is 5.68. The van der Waals surface area contributed by atoms with Gasteiger partial charge in [-0.15, -0.1) is 0 Å². The van der Waals surface area contributed by atoms with Crippen LogP contribution in [0.3, 0.4) is 0 Å². The average molecular weight is 307 g/mol. The second-order valence-corrected chi connectivity index (χ2v) is 4.84. The highest BCUT2D eigenvalue weighted by molar-refractivity contribution is 6.53. The van der Waals surface area contributed by atoms with Crippen LogP contribution in [0.15, 0.2) is 24.3 Å². The van der Waals surface area contributed by atoms with Gasteiger partial charge in [-0.25, -0.2) is 4.39 Å². The Hall–Kier alpha value is -1.33. The van der Waals surface area contributed by atoms with Crippen molar-refractivity contribution in [2.24, 2.45) is 0 Å². The number of alkyl halides is 2. The van der Waals surface area contributed by atoms with E-state index >= 15 is 0 Å². The molecule has 0 aliphatic carbocycles. The summed E-state index contributed by atoms with van der Waals surface area (Å²) in [7, 11) is 0. The van der Waals surface area contributed by atoms with E-state index in [-0.39, 0.29) is 31.2 Å². The molecule has 1 aromatic rings. The third kappa shape index (κ3) is 6.40. The summed E-state index contributed by atoms with van der Waals surface area (Å²) >= 11 is 10.7. The van der Waals surface area contributed by atoms with Crippen molar-refractivity contribution < 1.29 is 14.0 Å². The van der Waals surface area contributed by atoms with Crippen molar-refractivity contribution in [3.05, 3.63) is 35.6 Å². The highest BCUT2D eigenvalue weighted by atomic mass is 35.5. The minimum absolute atomic E-state index is 0.155. The lowest BCUT2D eigenvalue weighted by Gasteiger charge is -2.07. The molecule has 4 nitrogen and oxygen atoms in total. The summed E-state index contributed by atoms with van der Waals surface area (Å²) in [6.07, 6.45) is 0.155. The number of benzene rings is 1. The van der Waals surface area contributed by atoms with Crippen LogP contribution in [0.25, 0.3) is 0 Å². The maximum absolute atomic E-state index is 12.7. The Bertz CT molecular complexity index is 438. The highest BCUT2D eigenvalue weighted by Crippen LogP contribution is 2.03. The Kier molecular flexibility index (Phi) is 6.59. The SMILES string of the molecule is O=C(Cc1ccc(F)cc1)NCCNC(=O)C(Cl)Cl. The molecule has 0 spiro atoms. The zero-order valence-electron chi connectivity index (χ0n) is 9.96. The monoisotopic (exact) mass is 306 g/mol. The first-order valence-corrected chi connectivity index (χ1v) is 6.43. The van der Waals surface area contributed by atoms with E-state index in [0.717, 1.165) is 0 Å². The van der Waals surface area contributed by atoms with E-state index in [1.54, 1.807) is 12.1 Å². The molecule has 0 saturated heterocycles. The number of rotatable bonds is 6. The Morgan fingerprint density at radius 2 is 1.68 bits per heavy atom. The van der Waals surface area contributed by atoms with Crippen molar-refractivity contribution in [1.82, 2.24) is 10.6 Å². The Labute approximate surface area is 120 Å². The molecule has 2 amide bonds. The molecule has 0 aromatic heterocycles. The Morgan fingerprint density at radius 1 is 1.11 bits per heavy atom. The fraction of sp³-hybridized carbons (Fsp3) is 0.333. The van der Waals surface area contributed by atoms with Crippen molar-refractivity contribution >= 4 is 35.0 Å². The average Bonchev–Trinajstić information content (AvgIpc) is 2.37. The summed E-state index contributed by atoms with van der Waals surface area (Å²) in [5.74, 6) is -1.06. The van der Waals surface area contributed by atoms with Crippen molar-refractivity contribution in [1.29, 1.82) is 0 Å². The number of hydrogen-bond acceptors (Lipinski definition) is 2. The van der Waals surface area contributed by atoms with Crippen molar-refractivity contribution in [2.45, 2.75) is 11.3 Å². The van der Waals surface area contributed by atoms with Crippen LogP contribution in [0.1, 0.15) is 5.56 Å². The molecule has 1 rings (SSSR count). The lowest BCUT2D eigenvalue weighted by atomic mass is 10.1. The Balaban J connectivity index is 2.21. The smallest absolute Gasteiger partial charge is 0.253 e. The van der Waals surface area contributed by atoms with E-state index in [2.05, 4.69) is 10.6 Å². The minimum atomic E-state index is -1.12. The van der Waals surface area contributed by atoms with E-state index in [4.69, 9.17) is 23.2 Å². The molecule has 1 aromatic carbocycles. The van der Waals surface area contributed by atoms with Gasteiger partial charge < -0.3 is 10.6 Å². The maximum atomic E-state index is 12.7. The van der Waals surface area contributed by atoms with Gasteiger partial charge in [0.1, 0.15) is 5.82 Å². The first kappa shape index (κ1) is 15.7. The second kappa shape index (κ2) is 7.96. The lowest BCUT2D eigenvalue weighted by molar-refractivity contribution is -0.121. The summed E-state index contributed by atoms with van der Waals surface area (Å²) in [5, 5.41) is 5.05. The largest absolute Gasteiger partial charge is 0.354 e. The predicted octanol–water partition coefficient (Wildman–Crippen LogP) is 1.40. The molecular formula is C12H13Cl2FN2O2. The van der Waals surface area contributed by atoms with Gasteiger partial charge in [0.05, 0.1) is 6.42 Å². The normalized spacial score (nSPS) is 10.3. The molecule has 0 aliphatic heterocycles. The number of carbonyl (C=O) groups is 2. The molecule has 0 aliphatic rings. The summed E-state index contributed by atoms with van der Waals surface area (Å²) in [5.41, 5.74) is 0.713. The summed E-state index contributed by atoms with van der Waals surface area (Å²) in [4.78, 5) is 21.4. The van der Waals surface area contributed by atoms with E-state index < -0.39 is 10.7 Å². The fourth-order valence-corrected chi connectivity index (χ4v) is 1.47. The van der Waals surface area contributed by atoms with Gasteiger partial charge in [0.2, 0.25) is 5.91 Å². The van der Waals surface area contributed by atoms with Crippen molar-refractivity contribution in [2.75, 3.05) is 13.1 Å². The first-order valence-electron chi connectivity index (χ1n) is 5.56. The van der Waals surface area contributed by atoms with Gasteiger partial charge >= 0.3 is 0 Å². The molecular weight excluding hydrogens is 294 g/mol. The van der Waals surface area contributed by atoms with Crippen LogP contribution >= 0.6 is 23.2 Å². The van der Waals surface area contributed by atoms with Gasteiger partial charge in [-0.3, -0.25) is 9.59 Å². The van der Waals surface area contributed by atoms with Crippen LogP contribution in [0.4, 0.5) is 4.39 Å². The van der Waals surface area contributed by atoms with Crippen molar-refractivity contribution in [3.8, 4) is 0 Å².